The molecule has 0 radical (unpaired) electrons. The highest BCUT2D eigenvalue weighted by molar-refractivity contribution is 5.97. The second-order valence-electron chi connectivity index (χ2n) is 5.32. The summed E-state index contributed by atoms with van der Waals surface area (Å²) < 4.78 is 12.9. The monoisotopic (exact) mass is 285 g/mol. The van der Waals surface area contributed by atoms with Gasteiger partial charge in [-0.05, 0) is 41.8 Å². The van der Waals surface area contributed by atoms with Gasteiger partial charge in [0.2, 0.25) is 0 Å². The van der Waals surface area contributed by atoms with E-state index < -0.39 is 0 Å². The number of carbonyl (C=O) groups is 1. The predicted octanol–water partition coefficient (Wildman–Crippen LogP) is 5.18. The Hall–Kier alpha value is -2.42. The van der Waals surface area contributed by atoms with Crippen molar-refractivity contribution in [3.8, 4) is 0 Å². The summed E-state index contributed by atoms with van der Waals surface area (Å²) in [6.07, 6.45) is 2.38. The van der Waals surface area contributed by atoms with E-state index in [9.17, 15) is 9.18 Å². The van der Waals surface area contributed by atoms with Gasteiger partial charge in [0.25, 0.3) is 0 Å². The van der Waals surface area contributed by atoms with Crippen LogP contribution >= 0.6 is 0 Å². The molecule has 2 aromatic carbocycles. The summed E-state index contributed by atoms with van der Waals surface area (Å²) in [5.74, 6) is -0.178. The van der Waals surface area contributed by atoms with Crippen LogP contribution in [0, 0.1) is 5.82 Å². The van der Waals surface area contributed by atoms with Gasteiger partial charge in [-0.3, -0.25) is 4.79 Å². The maximum absolute atomic E-state index is 12.9. The molecule has 0 aliphatic rings. The number of benzene rings is 2. The fraction of sp³-hybridized carbons (Fsp3) is 0.167. The number of aromatic amines is 1. The molecule has 0 amide bonds. The molecule has 1 atom stereocenters. The summed E-state index contributed by atoms with van der Waals surface area (Å²) in [5, 5.41) is 1.15. The first-order chi connectivity index (χ1) is 10.1. The van der Waals surface area contributed by atoms with Crippen molar-refractivity contribution in [1.29, 1.82) is 0 Å². The van der Waals surface area contributed by atoms with E-state index in [1.165, 1.54) is 12.1 Å². The zero-order valence-electron chi connectivity index (χ0n) is 11.8. The fourth-order valence-corrected chi connectivity index (χ4v) is 2.64. The van der Waals surface area contributed by atoms with Gasteiger partial charge in [0.05, 0.1) is 0 Å². The van der Waals surface area contributed by atoms with Gasteiger partial charge in [-0.15, -0.1) is 0 Å². The van der Waals surface area contributed by atoms with Gasteiger partial charge in [-0.1, -0.05) is 25.1 Å². The van der Waals surface area contributed by atoms with E-state index >= 15 is 0 Å². The normalized spacial score (nSPS) is 12.5. The molecule has 0 aliphatic heterocycles. The van der Waals surface area contributed by atoms with E-state index in [1.807, 2.05) is 31.3 Å². The SMILES string of the molecule is CC(CC(=O)c1ccc(F)cc1)c1c[nH]c2ccccc12.[HH].[HH]. The van der Waals surface area contributed by atoms with Crippen molar-refractivity contribution in [2.45, 2.75) is 19.3 Å². The van der Waals surface area contributed by atoms with Crippen molar-refractivity contribution >= 4 is 16.7 Å². The summed E-state index contributed by atoms with van der Waals surface area (Å²) in [5.41, 5.74) is 2.78. The first-order valence-electron chi connectivity index (χ1n) is 7.00. The summed E-state index contributed by atoms with van der Waals surface area (Å²) >= 11 is 0. The number of para-hydroxylation sites is 1. The van der Waals surface area contributed by atoms with E-state index in [-0.39, 0.29) is 20.4 Å². The number of aromatic nitrogens is 1. The van der Waals surface area contributed by atoms with Gasteiger partial charge >= 0.3 is 0 Å². The van der Waals surface area contributed by atoms with Crippen molar-refractivity contribution in [1.82, 2.24) is 4.98 Å². The lowest BCUT2D eigenvalue weighted by Gasteiger charge is -2.10. The lowest BCUT2D eigenvalue weighted by atomic mass is 9.93. The molecule has 3 aromatic rings. The molecule has 0 saturated carbocycles. The molecular weight excluding hydrogens is 265 g/mol. The number of carbonyl (C=O) groups excluding carboxylic acids is 1. The van der Waals surface area contributed by atoms with Gasteiger partial charge in [0, 0.05) is 31.9 Å². The van der Waals surface area contributed by atoms with E-state index in [4.69, 9.17) is 0 Å². The van der Waals surface area contributed by atoms with Crippen LogP contribution in [0.3, 0.4) is 0 Å². The van der Waals surface area contributed by atoms with Crippen molar-refractivity contribution in [3.63, 3.8) is 0 Å². The zero-order valence-corrected chi connectivity index (χ0v) is 11.8. The van der Waals surface area contributed by atoms with Gasteiger partial charge < -0.3 is 4.98 Å². The third kappa shape index (κ3) is 2.72. The summed E-state index contributed by atoms with van der Waals surface area (Å²) in [6.45, 7) is 2.04. The standard InChI is InChI=1S/C18H16FNO.2H2/c1-12(10-18(21)13-6-8-14(19)9-7-13)16-11-20-17-5-3-2-4-15(16)17;;/h2-9,11-12,20H,10H2,1H3;2*1H. The van der Waals surface area contributed by atoms with E-state index in [1.54, 1.807) is 12.1 Å². The Labute approximate surface area is 125 Å². The maximum Gasteiger partial charge on any atom is 0.163 e. The van der Waals surface area contributed by atoms with Crippen LogP contribution in [0.15, 0.2) is 54.7 Å². The van der Waals surface area contributed by atoms with Crippen LogP contribution in [0.4, 0.5) is 4.39 Å². The summed E-state index contributed by atoms with van der Waals surface area (Å²) in [4.78, 5) is 15.5. The molecule has 1 N–H and O–H groups in total. The van der Waals surface area contributed by atoms with E-state index in [0.717, 1.165) is 16.5 Å². The smallest absolute Gasteiger partial charge is 0.163 e. The highest BCUT2D eigenvalue weighted by Gasteiger charge is 2.16. The highest BCUT2D eigenvalue weighted by Crippen LogP contribution is 2.28. The van der Waals surface area contributed by atoms with Crippen molar-refractivity contribution < 1.29 is 12.0 Å². The third-order valence-electron chi connectivity index (χ3n) is 3.81. The van der Waals surface area contributed by atoms with E-state index in [2.05, 4.69) is 11.1 Å². The quantitative estimate of drug-likeness (QED) is 0.658. The minimum absolute atomic E-state index is 0. The largest absolute Gasteiger partial charge is 0.361 e. The van der Waals surface area contributed by atoms with E-state index in [0.29, 0.717) is 12.0 Å². The second-order valence-corrected chi connectivity index (χ2v) is 5.32. The van der Waals surface area contributed by atoms with Gasteiger partial charge in [-0.2, -0.15) is 0 Å². The number of rotatable bonds is 4. The molecule has 0 fully saturated rings. The Morgan fingerprint density at radius 3 is 2.67 bits per heavy atom. The Morgan fingerprint density at radius 2 is 1.90 bits per heavy atom. The van der Waals surface area contributed by atoms with Crippen molar-refractivity contribution in [2.75, 3.05) is 0 Å². The van der Waals surface area contributed by atoms with Crippen LogP contribution in [0.2, 0.25) is 0 Å². The summed E-state index contributed by atoms with van der Waals surface area (Å²) in [6, 6.07) is 13.8. The molecule has 0 spiro atoms. The second kappa shape index (κ2) is 5.52. The number of halogens is 1. The third-order valence-corrected chi connectivity index (χ3v) is 3.81. The molecule has 3 rings (SSSR count). The fourth-order valence-electron chi connectivity index (χ4n) is 2.64. The average Bonchev–Trinajstić information content (AvgIpc) is 2.92. The molecule has 0 saturated heterocycles. The summed E-state index contributed by atoms with van der Waals surface area (Å²) in [7, 11) is 0. The molecule has 21 heavy (non-hydrogen) atoms. The van der Waals surface area contributed by atoms with Crippen molar-refractivity contribution in [2.24, 2.45) is 0 Å². The predicted molar refractivity (Wildman–Crippen MR) is 86.3 cm³/mol. The minimum Gasteiger partial charge on any atom is -0.361 e. The molecule has 1 unspecified atom stereocenters. The molecule has 3 heteroatoms. The lowest BCUT2D eigenvalue weighted by Crippen LogP contribution is -2.04. The van der Waals surface area contributed by atoms with Crippen LogP contribution in [0.1, 0.15) is 38.0 Å². The number of nitrogens with one attached hydrogen (secondary N) is 1. The number of ketones is 1. The Balaban J connectivity index is 0.00000132. The van der Waals surface area contributed by atoms with Crippen LogP contribution in [0.5, 0.6) is 0 Å². The molecule has 2 nitrogen and oxygen atoms in total. The molecule has 0 bridgehead atoms. The average molecular weight is 285 g/mol. The lowest BCUT2D eigenvalue weighted by molar-refractivity contribution is 0.0976. The first kappa shape index (κ1) is 13.6. The van der Waals surface area contributed by atoms with Crippen LogP contribution in [-0.4, -0.2) is 10.8 Å². The Morgan fingerprint density at radius 1 is 1.19 bits per heavy atom. The first-order valence-corrected chi connectivity index (χ1v) is 7.00. The van der Waals surface area contributed by atoms with Gasteiger partial charge in [-0.25, -0.2) is 4.39 Å². The minimum atomic E-state index is -0.323. The maximum atomic E-state index is 12.9. The number of hydrogen-bond acceptors (Lipinski definition) is 1. The number of Topliss-reactive ketones (excluding diaryl/α,β-unsaturated/α-hetero) is 1. The molecule has 1 aromatic heterocycles. The van der Waals surface area contributed by atoms with Crippen LogP contribution in [0.25, 0.3) is 10.9 Å². The molecular formula is C18H20FNO. The topological polar surface area (TPSA) is 32.9 Å². The zero-order chi connectivity index (χ0) is 14.8. The van der Waals surface area contributed by atoms with Crippen LogP contribution in [-0.2, 0) is 0 Å². The highest BCUT2D eigenvalue weighted by atomic mass is 19.1. The Kier molecular flexibility index (Phi) is 3.57. The molecule has 0 aliphatic carbocycles. The number of H-pyrrole nitrogens is 1. The van der Waals surface area contributed by atoms with Gasteiger partial charge in [0.1, 0.15) is 5.82 Å². The van der Waals surface area contributed by atoms with Crippen molar-refractivity contribution in [3.05, 3.63) is 71.7 Å². The Bertz CT molecular complexity index is 783. The molecule has 1 heterocycles. The number of hydrogen-bond donors (Lipinski definition) is 1. The number of fused-ring (bicyclic) bond motifs is 1. The molecule has 110 valence electrons. The van der Waals surface area contributed by atoms with Gasteiger partial charge in [0.15, 0.2) is 5.78 Å². The van der Waals surface area contributed by atoms with Crippen LogP contribution < -0.4 is 0 Å².